The third kappa shape index (κ3) is 5.82. The smallest absolute Gasteiger partial charge is 0.414 e. The van der Waals surface area contributed by atoms with Gasteiger partial charge in [-0.05, 0) is 60.8 Å². The number of rotatable bonds is 3. The third-order valence-corrected chi connectivity index (χ3v) is 6.20. The monoisotopic (exact) mass is 490 g/mol. The van der Waals surface area contributed by atoms with E-state index in [1.165, 1.54) is 0 Å². The third-order valence-electron chi connectivity index (χ3n) is 6.20. The lowest BCUT2D eigenvalue weighted by Crippen LogP contribution is -2.42. The first-order chi connectivity index (χ1) is 16.3. The van der Waals surface area contributed by atoms with E-state index >= 15 is 0 Å². The van der Waals surface area contributed by atoms with Gasteiger partial charge in [0.25, 0.3) is 0 Å². The van der Waals surface area contributed by atoms with Crippen molar-refractivity contribution in [1.82, 2.24) is 14.9 Å². The highest BCUT2D eigenvalue weighted by Crippen LogP contribution is 2.43. The minimum Gasteiger partial charge on any atom is -0.484 e. The molecule has 2 fully saturated rings. The molecule has 11 nitrogen and oxygen atoms in total. The number of hydrogen-bond acceptors (Lipinski definition) is 9. The molecule has 3 aliphatic rings. The van der Waals surface area contributed by atoms with Crippen molar-refractivity contribution in [3.8, 4) is 5.75 Å². The number of amides is 2. The Labute approximate surface area is 207 Å². The highest BCUT2D eigenvalue weighted by Gasteiger charge is 2.39. The van der Waals surface area contributed by atoms with E-state index in [1.54, 1.807) is 32.7 Å². The summed E-state index contributed by atoms with van der Waals surface area (Å²) in [7, 11) is 1.76. The molecular weight excluding hydrogens is 452 g/mol. The molecule has 1 aromatic heterocycles. The number of likely N-dealkylation sites (N-methyl/N-ethyl adjacent to an activating group) is 1. The molecule has 1 unspecified atom stereocenters. The Morgan fingerprint density at radius 1 is 1.03 bits per heavy atom. The van der Waals surface area contributed by atoms with Crippen LogP contribution in [0.1, 0.15) is 60.8 Å². The minimum absolute atomic E-state index is 0.0409. The molecule has 0 saturated carbocycles. The summed E-state index contributed by atoms with van der Waals surface area (Å²) in [6.07, 6.45) is 1.91. The molecule has 194 valence electrons. The highest BCUT2D eigenvalue weighted by molar-refractivity contribution is 5.84. The number of carbonyl (C=O) groups is 2. The second kappa shape index (κ2) is 9.23. The van der Waals surface area contributed by atoms with Gasteiger partial charge in [0.2, 0.25) is 11.7 Å². The van der Waals surface area contributed by atoms with Gasteiger partial charge in [-0.3, -0.25) is 5.32 Å². The van der Waals surface area contributed by atoms with Crippen molar-refractivity contribution in [1.29, 1.82) is 0 Å². The van der Waals surface area contributed by atoms with Gasteiger partial charge in [-0.2, -0.15) is 9.97 Å². The van der Waals surface area contributed by atoms with Crippen LogP contribution in [0.3, 0.4) is 0 Å². The Morgan fingerprint density at radius 3 is 2.40 bits per heavy atom. The summed E-state index contributed by atoms with van der Waals surface area (Å²) in [6, 6.07) is 0.227. The Bertz CT molecular complexity index is 972. The van der Waals surface area contributed by atoms with E-state index in [9.17, 15) is 9.59 Å². The molecule has 35 heavy (non-hydrogen) atoms. The van der Waals surface area contributed by atoms with Crippen LogP contribution in [0.5, 0.6) is 5.75 Å². The molecule has 1 aromatic rings. The molecule has 2 atom stereocenters. The first-order valence-corrected chi connectivity index (χ1v) is 12.3. The number of nitrogens with one attached hydrogen (secondary N) is 1. The van der Waals surface area contributed by atoms with Gasteiger partial charge >= 0.3 is 12.2 Å². The zero-order valence-corrected chi connectivity index (χ0v) is 21.9. The molecule has 0 radical (unpaired) electrons. The second-order valence-electron chi connectivity index (χ2n) is 11.4. The van der Waals surface area contributed by atoms with Crippen LogP contribution in [0.2, 0.25) is 0 Å². The molecule has 4 rings (SSSR count). The Hall–Kier alpha value is -2.98. The molecule has 4 heterocycles. The highest BCUT2D eigenvalue weighted by atomic mass is 16.6. The first-order valence-electron chi connectivity index (χ1n) is 12.3. The molecule has 2 amide bonds. The van der Waals surface area contributed by atoms with Crippen molar-refractivity contribution in [3.63, 3.8) is 0 Å². The minimum atomic E-state index is -0.640. The van der Waals surface area contributed by atoms with Crippen LogP contribution in [0.4, 0.5) is 27.2 Å². The van der Waals surface area contributed by atoms with Gasteiger partial charge in [0, 0.05) is 26.7 Å². The number of anilines is 3. The summed E-state index contributed by atoms with van der Waals surface area (Å²) in [6.45, 7) is 13.7. The maximum Gasteiger partial charge on any atom is 0.414 e. The summed E-state index contributed by atoms with van der Waals surface area (Å²) in [5.74, 6) is 2.11. The summed E-state index contributed by atoms with van der Waals surface area (Å²) >= 11 is 0. The number of hydrogen-bond donors (Lipinski definition) is 1. The van der Waals surface area contributed by atoms with Crippen molar-refractivity contribution >= 4 is 29.8 Å². The molecule has 2 saturated heterocycles. The summed E-state index contributed by atoms with van der Waals surface area (Å²) in [5.41, 5.74) is -1.20. The van der Waals surface area contributed by atoms with E-state index in [2.05, 4.69) is 25.1 Å². The fraction of sp³-hybridized carbons (Fsp3) is 0.750. The van der Waals surface area contributed by atoms with Gasteiger partial charge in [0.05, 0.1) is 12.1 Å². The van der Waals surface area contributed by atoms with Crippen molar-refractivity contribution in [3.05, 3.63) is 0 Å². The van der Waals surface area contributed by atoms with Crippen LogP contribution in [0, 0.1) is 0 Å². The van der Waals surface area contributed by atoms with Crippen LogP contribution in [0.25, 0.3) is 0 Å². The maximum atomic E-state index is 12.6. The van der Waals surface area contributed by atoms with E-state index in [4.69, 9.17) is 14.2 Å². The Morgan fingerprint density at radius 2 is 1.71 bits per heavy atom. The molecule has 3 aliphatic heterocycles. The fourth-order valence-electron chi connectivity index (χ4n) is 4.62. The predicted molar refractivity (Wildman–Crippen MR) is 132 cm³/mol. The van der Waals surface area contributed by atoms with Crippen LogP contribution in [-0.2, 0) is 9.47 Å². The average Bonchev–Trinajstić information content (AvgIpc) is 3.39. The van der Waals surface area contributed by atoms with Crippen molar-refractivity contribution in [2.24, 2.45) is 0 Å². The number of ether oxygens (including phenoxy) is 3. The predicted octanol–water partition coefficient (Wildman–Crippen LogP) is 3.63. The molecule has 1 N–H and O–H groups in total. The standard InChI is InChI=1S/C24H38N6O5/c1-23(2,3)34-21(31)27-20-25-18(17-19(26-20)30-11-8-9-16(30)14-33-17)29-12-10-15(13-29)28(7)22(32)35-24(4,5)6/h15-16H,8-14H2,1-7H3,(H,25,26,27,31)/t15-,16?/m1/s1. The lowest BCUT2D eigenvalue weighted by atomic mass is 10.2. The van der Waals surface area contributed by atoms with E-state index < -0.39 is 17.3 Å². The number of fused-ring (bicyclic) bond motifs is 3. The van der Waals surface area contributed by atoms with Crippen molar-refractivity contribution in [2.45, 2.75) is 84.1 Å². The van der Waals surface area contributed by atoms with E-state index in [0.717, 1.165) is 25.8 Å². The van der Waals surface area contributed by atoms with Gasteiger partial charge in [-0.15, -0.1) is 0 Å². The summed E-state index contributed by atoms with van der Waals surface area (Å²) < 4.78 is 17.1. The topological polar surface area (TPSA) is 109 Å². The molecule has 0 spiro atoms. The zero-order chi connectivity index (χ0) is 25.5. The summed E-state index contributed by atoms with van der Waals surface area (Å²) in [4.78, 5) is 40.3. The molecule has 0 aromatic carbocycles. The average molecular weight is 491 g/mol. The van der Waals surface area contributed by atoms with Gasteiger partial charge in [-0.1, -0.05) is 0 Å². The second-order valence-corrected chi connectivity index (χ2v) is 11.4. The van der Waals surface area contributed by atoms with Gasteiger partial charge in [0.1, 0.15) is 17.8 Å². The zero-order valence-electron chi connectivity index (χ0n) is 21.9. The molecule has 11 heteroatoms. The first kappa shape index (κ1) is 25.1. The van der Waals surface area contributed by atoms with Crippen LogP contribution in [0.15, 0.2) is 0 Å². The van der Waals surface area contributed by atoms with Gasteiger partial charge < -0.3 is 28.9 Å². The Balaban J connectivity index is 1.58. The quantitative estimate of drug-likeness (QED) is 0.679. The van der Waals surface area contributed by atoms with E-state index in [-0.39, 0.29) is 24.1 Å². The fourth-order valence-corrected chi connectivity index (χ4v) is 4.62. The normalized spacial score (nSPS) is 21.7. The van der Waals surface area contributed by atoms with Gasteiger partial charge in [-0.25, -0.2) is 9.59 Å². The summed E-state index contributed by atoms with van der Waals surface area (Å²) in [5, 5.41) is 2.69. The van der Waals surface area contributed by atoms with Crippen molar-refractivity contribution < 1.29 is 23.8 Å². The number of aromatic nitrogens is 2. The lowest BCUT2D eigenvalue weighted by Gasteiger charge is -2.35. The van der Waals surface area contributed by atoms with Crippen LogP contribution in [-0.4, -0.2) is 83.6 Å². The number of nitrogens with zero attached hydrogens (tertiary/aromatic N) is 5. The largest absolute Gasteiger partial charge is 0.484 e. The molecule has 0 aliphatic carbocycles. The van der Waals surface area contributed by atoms with Gasteiger partial charge in [0.15, 0.2) is 11.6 Å². The van der Waals surface area contributed by atoms with Crippen LogP contribution >= 0.6 is 0 Å². The lowest BCUT2D eigenvalue weighted by molar-refractivity contribution is 0.0237. The van der Waals surface area contributed by atoms with E-state index in [0.29, 0.717) is 37.1 Å². The molecule has 0 bridgehead atoms. The number of carbonyl (C=O) groups excluding carboxylic acids is 2. The van der Waals surface area contributed by atoms with Crippen molar-refractivity contribution in [2.75, 3.05) is 48.4 Å². The Kier molecular flexibility index (Phi) is 6.63. The SMILES string of the molecule is CN(C(=O)OC(C)(C)C)[C@@H]1CCN(c2nc(NC(=O)OC(C)(C)C)nc3c2OCC2CCCN32)C1. The maximum absolute atomic E-state index is 12.6. The van der Waals surface area contributed by atoms with E-state index in [1.807, 2.05) is 20.8 Å². The van der Waals surface area contributed by atoms with Crippen LogP contribution < -0.4 is 19.9 Å². The molecular formula is C24H38N6O5.